The van der Waals surface area contributed by atoms with Crippen molar-refractivity contribution in [2.45, 2.75) is 20.0 Å². The van der Waals surface area contributed by atoms with Crippen LogP contribution in [0.15, 0.2) is 73.1 Å². The average Bonchev–Trinajstić information content (AvgIpc) is 3.30. The molecule has 4 rings (SSSR count). The predicted molar refractivity (Wildman–Crippen MR) is 106 cm³/mol. The lowest BCUT2D eigenvalue weighted by molar-refractivity contribution is 0.102. The molecule has 0 radical (unpaired) electrons. The van der Waals surface area contributed by atoms with Crippen LogP contribution in [0.2, 0.25) is 0 Å². The Morgan fingerprint density at radius 3 is 2.29 bits per heavy atom. The molecule has 0 spiro atoms. The molecule has 1 N–H and O–H groups in total. The summed E-state index contributed by atoms with van der Waals surface area (Å²) in [6.45, 7) is 3.06. The van der Waals surface area contributed by atoms with Crippen LogP contribution in [0.1, 0.15) is 27.3 Å². The van der Waals surface area contributed by atoms with E-state index in [-0.39, 0.29) is 5.91 Å². The Balaban J connectivity index is 1.43. The molecule has 140 valence electrons. The highest BCUT2D eigenvalue weighted by Crippen LogP contribution is 2.12. The van der Waals surface area contributed by atoms with Gasteiger partial charge in [-0.15, -0.1) is 5.10 Å². The monoisotopic (exact) mass is 372 g/mol. The summed E-state index contributed by atoms with van der Waals surface area (Å²) in [6, 6.07) is 20.0. The summed E-state index contributed by atoms with van der Waals surface area (Å²) >= 11 is 0. The zero-order valence-corrected chi connectivity index (χ0v) is 15.5. The Labute approximate surface area is 162 Å². The fraction of sp³-hybridized carbons (Fsp3) is 0.143. The highest BCUT2D eigenvalue weighted by Gasteiger charge is 2.17. The standard InChI is InChI=1S/C21H20N6O/c1-16-20(24-25-27(16)14-18-10-6-3-7-11-18)21(28)23-19-12-22-26(15-19)13-17-8-4-2-5-9-17/h2-12,15H,13-14H2,1H3,(H,23,28). The second-order valence-electron chi connectivity index (χ2n) is 6.53. The number of carbonyl (C=O) groups excluding carboxylic acids is 1. The van der Waals surface area contributed by atoms with Gasteiger partial charge in [-0.1, -0.05) is 65.9 Å². The van der Waals surface area contributed by atoms with E-state index in [2.05, 4.69) is 20.7 Å². The van der Waals surface area contributed by atoms with E-state index in [1.54, 1.807) is 21.8 Å². The van der Waals surface area contributed by atoms with E-state index in [9.17, 15) is 4.79 Å². The van der Waals surface area contributed by atoms with Crippen molar-refractivity contribution in [2.24, 2.45) is 0 Å². The summed E-state index contributed by atoms with van der Waals surface area (Å²) < 4.78 is 3.51. The summed E-state index contributed by atoms with van der Waals surface area (Å²) in [5.74, 6) is -0.295. The molecule has 0 unspecified atom stereocenters. The molecule has 0 aliphatic heterocycles. The Hall–Kier alpha value is -3.74. The maximum atomic E-state index is 12.6. The normalized spacial score (nSPS) is 10.8. The van der Waals surface area contributed by atoms with E-state index in [1.807, 2.05) is 67.6 Å². The van der Waals surface area contributed by atoms with Crippen molar-refractivity contribution in [3.63, 3.8) is 0 Å². The minimum Gasteiger partial charge on any atom is -0.318 e. The molecule has 2 aromatic carbocycles. The first-order valence-corrected chi connectivity index (χ1v) is 9.01. The van der Waals surface area contributed by atoms with Gasteiger partial charge in [0.25, 0.3) is 5.91 Å². The fourth-order valence-corrected chi connectivity index (χ4v) is 2.95. The number of hydrogen-bond donors (Lipinski definition) is 1. The SMILES string of the molecule is Cc1c(C(=O)Nc2cnn(Cc3ccccc3)c2)nnn1Cc1ccccc1. The number of anilines is 1. The Morgan fingerprint density at radius 2 is 1.61 bits per heavy atom. The number of nitrogens with zero attached hydrogens (tertiary/aromatic N) is 5. The number of amides is 1. The molecule has 0 bridgehead atoms. The van der Waals surface area contributed by atoms with Crippen molar-refractivity contribution in [3.05, 3.63) is 95.6 Å². The molecule has 7 nitrogen and oxygen atoms in total. The minimum absolute atomic E-state index is 0.295. The van der Waals surface area contributed by atoms with E-state index in [4.69, 9.17) is 0 Å². The molecule has 0 saturated heterocycles. The maximum absolute atomic E-state index is 12.6. The van der Waals surface area contributed by atoms with Crippen molar-refractivity contribution >= 4 is 11.6 Å². The molecular formula is C21H20N6O. The van der Waals surface area contributed by atoms with Crippen molar-refractivity contribution in [1.82, 2.24) is 24.8 Å². The molecule has 7 heteroatoms. The van der Waals surface area contributed by atoms with Gasteiger partial charge in [0.2, 0.25) is 0 Å². The van der Waals surface area contributed by atoms with E-state index in [1.165, 1.54) is 0 Å². The van der Waals surface area contributed by atoms with Crippen LogP contribution in [0.5, 0.6) is 0 Å². The molecule has 28 heavy (non-hydrogen) atoms. The number of rotatable bonds is 6. The summed E-state index contributed by atoms with van der Waals surface area (Å²) in [4.78, 5) is 12.6. The van der Waals surface area contributed by atoms with Gasteiger partial charge in [0, 0.05) is 6.20 Å². The zero-order chi connectivity index (χ0) is 19.3. The van der Waals surface area contributed by atoms with Gasteiger partial charge in [-0.3, -0.25) is 9.48 Å². The third kappa shape index (κ3) is 3.98. The van der Waals surface area contributed by atoms with Crippen LogP contribution in [0.3, 0.4) is 0 Å². The first-order valence-electron chi connectivity index (χ1n) is 9.01. The van der Waals surface area contributed by atoms with Gasteiger partial charge < -0.3 is 5.32 Å². The zero-order valence-electron chi connectivity index (χ0n) is 15.5. The van der Waals surface area contributed by atoms with Crippen molar-refractivity contribution < 1.29 is 4.79 Å². The van der Waals surface area contributed by atoms with Crippen molar-refractivity contribution in [1.29, 1.82) is 0 Å². The van der Waals surface area contributed by atoms with E-state index in [0.717, 1.165) is 16.8 Å². The molecule has 0 aliphatic rings. The van der Waals surface area contributed by atoms with Crippen LogP contribution in [0, 0.1) is 6.92 Å². The molecule has 1 amide bonds. The molecular weight excluding hydrogens is 352 g/mol. The number of hydrogen-bond acceptors (Lipinski definition) is 4. The van der Waals surface area contributed by atoms with Crippen molar-refractivity contribution in [3.8, 4) is 0 Å². The molecule has 2 heterocycles. The topological polar surface area (TPSA) is 77.6 Å². The lowest BCUT2D eigenvalue weighted by Gasteiger charge is -2.04. The summed E-state index contributed by atoms with van der Waals surface area (Å²) in [5, 5.41) is 15.3. The third-order valence-electron chi connectivity index (χ3n) is 4.45. The second-order valence-corrected chi connectivity index (χ2v) is 6.53. The molecule has 0 saturated carbocycles. The highest BCUT2D eigenvalue weighted by molar-refractivity contribution is 6.03. The Morgan fingerprint density at radius 1 is 0.964 bits per heavy atom. The average molecular weight is 372 g/mol. The molecule has 0 fully saturated rings. The van der Waals surface area contributed by atoms with E-state index in [0.29, 0.717) is 24.5 Å². The summed E-state index contributed by atoms with van der Waals surface area (Å²) in [6.07, 6.45) is 3.43. The predicted octanol–water partition coefficient (Wildman–Crippen LogP) is 3.13. The lowest BCUT2D eigenvalue weighted by Crippen LogP contribution is -2.14. The van der Waals surface area contributed by atoms with Crippen LogP contribution in [0.25, 0.3) is 0 Å². The number of nitrogens with one attached hydrogen (secondary N) is 1. The van der Waals surface area contributed by atoms with Gasteiger partial charge in [-0.05, 0) is 18.1 Å². The Bertz CT molecular complexity index is 1070. The molecule has 0 aliphatic carbocycles. The molecule has 4 aromatic rings. The van der Waals surface area contributed by atoms with Gasteiger partial charge in [-0.25, -0.2) is 4.68 Å². The van der Waals surface area contributed by atoms with Gasteiger partial charge >= 0.3 is 0 Å². The van der Waals surface area contributed by atoms with Crippen LogP contribution in [-0.2, 0) is 13.1 Å². The van der Waals surface area contributed by atoms with Crippen molar-refractivity contribution in [2.75, 3.05) is 5.32 Å². The first kappa shape index (κ1) is 17.7. The third-order valence-corrected chi connectivity index (χ3v) is 4.45. The number of benzene rings is 2. The van der Waals surface area contributed by atoms with Crippen LogP contribution >= 0.6 is 0 Å². The number of aromatic nitrogens is 5. The van der Waals surface area contributed by atoms with Gasteiger partial charge in [0.15, 0.2) is 5.69 Å². The van der Waals surface area contributed by atoms with E-state index >= 15 is 0 Å². The Kier molecular flexibility index (Phi) is 4.97. The van der Waals surface area contributed by atoms with Gasteiger partial charge in [0.05, 0.1) is 30.7 Å². The lowest BCUT2D eigenvalue weighted by atomic mass is 10.2. The van der Waals surface area contributed by atoms with Crippen LogP contribution in [0.4, 0.5) is 5.69 Å². The van der Waals surface area contributed by atoms with Gasteiger partial charge in [-0.2, -0.15) is 5.10 Å². The summed E-state index contributed by atoms with van der Waals surface area (Å²) in [7, 11) is 0. The quantitative estimate of drug-likeness (QED) is 0.564. The van der Waals surface area contributed by atoms with Crippen LogP contribution < -0.4 is 5.32 Å². The van der Waals surface area contributed by atoms with Crippen LogP contribution in [-0.4, -0.2) is 30.7 Å². The first-order chi connectivity index (χ1) is 13.7. The summed E-state index contributed by atoms with van der Waals surface area (Å²) in [5.41, 5.74) is 3.90. The van der Waals surface area contributed by atoms with E-state index < -0.39 is 0 Å². The second kappa shape index (κ2) is 7.87. The maximum Gasteiger partial charge on any atom is 0.278 e. The largest absolute Gasteiger partial charge is 0.318 e. The smallest absolute Gasteiger partial charge is 0.278 e. The highest BCUT2D eigenvalue weighted by atomic mass is 16.2. The molecule has 0 atom stereocenters. The fourth-order valence-electron chi connectivity index (χ4n) is 2.95. The van der Waals surface area contributed by atoms with Gasteiger partial charge in [0.1, 0.15) is 0 Å². The molecule has 2 aromatic heterocycles. The number of carbonyl (C=O) groups is 1. The minimum atomic E-state index is -0.295.